The van der Waals surface area contributed by atoms with Crippen molar-refractivity contribution in [2.24, 2.45) is 0 Å². The highest BCUT2D eigenvalue weighted by Crippen LogP contribution is 2.22. The summed E-state index contributed by atoms with van der Waals surface area (Å²) in [4.78, 5) is 14.4. The van der Waals surface area contributed by atoms with Gasteiger partial charge in [0.05, 0.1) is 6.04 Å². The third-order valence-electron chi connectivity index (χ3n) is 3.80. The zero-order valence-electron chi connectivity index (χ0n) is 13.5. The molecule has 0 bridgehead atoms. The Morgan fingerprint density at radius 3 is 2.48 bits per heavy atom. The topological polar surface area (TPSA) is 37.4 Å². The number of hydrogen-bond acceptors (Lipinski definition) is 2. The van der Waals surface area contributed by atoms with E-state index in [2.05, 4.69) is 0 Å². The molecule has 0 aliphatic rings. The second-order valence-corrected chi connectivity index (χ2v) is 7.43. The summed E-state index contributed by atoms with van der Waals surface area (Å²) >= 11 is 5.91. The largest absolute Gasteiger partial charge is 0.335 e. The summed E-state index contributed by atoms with van der Waals surface area (Å²) in [6.45, 7) is 1.98. The van der Waals surface area contributed by atoms with Crippen molar-refractivity contribution in [1.29, 1.82) is 0 Å². The first-order chi connectivity index (χ1) is 10.9. The van der Waals surface area contributed by atoms with Gasteiger partial charge in [0.1, 0.15) is 0 Å². The SMILES string of the molecule is CC(c1ccc(Cl)cc1)N(C)C(=O)c1cccc(CS(C)=O)c1. The van der Waals surface area contributed by atoms with E-state index in [1.165, 1.54) is 0 Å². The summed E-state index contributed by atoms with van der Waals surface area (Å²) in [5.41, 5.74) is 2.54. The molecule has 2 rings (SSSR count). The molecule has 2 aromatic carbocycles. The van der Waals surface area contributed by atoms with E-state index >= 15 is 0 Å². The van der Waals surface area contributed by atoms with Crippen LogP contribution in [-0.4, -0.2) is 28.3 Å². The number of carbonyl (C=O) groups is 1. The Bertz CT molecular complexity index is 715. The molecule has 122 valence electrons. The molecule has 5 heteroatoms. The van der Waals surface area contributed by atoms with Gasteiger partial charge in [0, 0.05) is 40.4 Å². The van der Waals surface area contributed by atoms with Crippen LogP contribution in [0.4, 0.5) is 0 Å². The van der Waals surface area contributed by atoms with Crippen molar-refractivity contribution in [3.63, 3.8) is 0 Å². The van der Waals surface area contributed by atoms with Crippen molar-refractivity contribution in [2.75, 3.05) is 13.3 Å². The maximum absolute atomic E-state index is 12.7. The van der Waals surface area contributed by atoms with Crippen molar-refractivity contribution in [1.82, 2.24) is 4.90 Å². The maximum atomic E-state index is 12.7. The second-order valence-electron chi connectivity index (χ2n) is 5.56. The molecule has 0 N–H and O–H groups in total. The van der Waals surface area contributed by atoms with Gasteiger partial charge in [0.15, 0.2) is 0 Å². The fourth-order valence-electron chi connectivity index (χ4n) is 2.37. The molecular weight excluding hydrogens is 330 g/mol. The van der Waals surface area contributed by atoms with Gasteiger partial charge in [-0.1, -0.05) is 35.9 Å². The van der Waals surface area contributed by atoms with Gasteiger partial charge in [-0.2, -0.15) is 0 Å². The normalized spacial score (nSPS) is 13.4. The lowest BCUT2D eigenvalue weighted by Crippen LogP contribution is -2.29. The highest BCUT2D eigenvalue weighted by Gasteiger charge is 2.19. The maximum Gasteiger partial charge on any atom is 0.254 e. The molecule has 0 aromatic heterocycles. The lowest BCUT2D eigenvalue weighted by atomic mass is 10.1. The van der Waals surface area contributed by atoms with E-state index in [1.54, 1.807) is 24.3 Å². The minimum Gasteiger partial charge on any atom is -0.335 e. The number of rotatable bonds is 5. The van der Waals surface area contributed by atoms with Crippen LogP contribution in [-0.2, 0) is 16.6 Å². The van der Waals surface area contributed by atoms with E-state index in [1.807, 2.05) is 49.4 Å². The first kappa shape index (κ1) is 17.7. The van der Waals surface area contributed by atoms with Gasteiger partial charge < -0.3 is 4.90 Å². The van der Waals surface area contributed by atoms with E-state index < -0.39 is 10.8 Å². The molecule has 2 aromatic rings. The Balaban J connectivity index is 2.18. The quantitative estimate of drug-likeness (QED) is 0.816. The summed E-state index contributed by atoms with van der Waals surface area (Å²) < 4.78 is 11.4. The molecule has 0 aliphatic carbocycles. The summed E-state index contributed by atoms with van der Waals surface area (Å²) in [5.74, 6) is 0.397. The van der Waals surface area contributed by atoms with Gasteiger partial charge in [-0.25, -0.2) is 0 Å². The number of nitrogens with zero attached hydrogens (tertiary/aromatic N) is 1. The van der Waals surface area contributed by atoms with Crippen molar-refractivity contribution in [3.8, 4) is 0 Å². The molecule has 0 spiro atoms. The Hall–Kier alpha value is -1.65. The zero-order valence-corrected chi connectivity index (χ0v) is 15.0. The first-order valence-electron chi connectivity index (χ1n) is 7.30. The Kier molecular flexibility index (Phi) is 5.97. The molecule has 0 heterocycles. The van der Waals surface area contributed by atoms with Crippen molar-refractivity contribution in [2.45, 2.75) is 18.7 Å². The molecule has 0 aliphatic heterocycles. The monoisotopic (exact) mass is 349 g/mol. The Morgan fingerprint density at radius 2 is 1.87 bits per heavy atom. The predicted octanol–water partition coefficient (Wildman–Crippen LogP) is 4.05. The van der Waals surface area contributed by atoms with Gasteiger partial charge in [-0.15, -0.1) is 0 Å². The van der Waals surface area contributed by atoms with Gasteiger partial charge in [0.2, 0.25) is 0 Å². The molecule has 0 saturated heterocycles. The summed E-state index contributed by atoms with van der Waals surface area (Å²) in [5, 5.41) is 0.676. The Labute approximate surface area is 144 Å². The van der Waals surface area contributed by atoms with Gasteiger partial charge in [-0.05, 0) is 42.3 Å². The zero-order chi connectivity index (χ0) is 17.0. The number of benzene rings is 2. The van der Waals surface area contributed by atoms with Crippen LogP contribution in [0.25, 0.3) is 0 Å². The summed E-state index contributed by atoms with van der Waals surface area (Å²) in [7, 11) is 0.857. The van der Waals surface area contributed by atoms with E-state index in [4.69, 9.17) is 11.6 Å². The molecule has 0 saturated carbocycles. The molecule has 0 fully saturated rings. The lowest BCUT2D eigenvalue weighted by Gasteiger charge is -2.25. The number of hydrogen-bond donors (Lipinski definition) is 0. The molecular formula is C18H20ClNO2S. The average molecular weight is 350 g/mol. The van der Waals surface area contributed by atoms with E-state index in [0.29, 0.717) is 16.3 Å². The highest BCUT2D eigenvalue weighted by molar-refractivity contribution is 7.83. The van der Waals surface area contributed by atoms with Crippen LogP contribution in [0, 0.1) is 0 Å². The minimum absolute atomic E-state index is 0.0591. The van der Waals surface area contributed by atoms with Crippen LogP contribution < -0.4 is 0 Å². The summed E-state index contributed by atoms with van der Waals surface area (Å²) in [6.07, 6.45) is 1.66. The van der Waals surface area contributed by atoms with Gasteiger partial charge in [0.25, 0.3) is 5.91 Å². The molecule has 2 atom stereocenters. The van der Waals surface area contributed by atoms with E-state index in [-0.39, 0.29) is 11.9 Å². The fraction of sp³-hybridized carbons (Fsp3) is 0.278. The van der Waals surface area contributed by atoms with Crippen molar-refractivity contribution in [3.05, 3.63) is 70.2 Å². The highest BCUT2D eigenvalue weighted by atomic mass is 35.5. The van der Waals surface area contributed by atoms with Crippen LogP contribution in [0.1, 0.15) is 34.5 Å². The van der Waals surface area contributed by atoms with Crippen LogP contribution in [0.15, 0.2) is 48.5 Å². The van der Waals surface area contributed by atoms with Crippen LogP contribution in [0.3, 0.4) is 0 Å². The molecule has 23 heavy (non-hydrogen) atoms. The first-order valence-corrected chi connectivity index (χ1v) is 9.40. The lowest BCUT2D eigenvalue weighted by molar-refractivity contribution is 0.0742. The minimum atomic E-state index is -0.927. The van der Waals surface area contributed by atoms with E-state index in [0.717, 1.165) is 11.1 Å². The van der Waals surface area contributed by atoms with Gasteiger partial charge >= 0.3 is 0 Å². The standard InChI is InChI=1S/C18H20ClNO2S/c1-13(15-7-9-17(19)10-8-15)20(2)18(21)16-6-4-5-14(11-16)12-23(3)22/h4-11,13H,12H2,1-3H3. The molecule has 1 amide bonds. The van der Waals surface area contributed by atoms with Crippen molar-refractivity contribution < 1.29 is 9.00 Å². The predicted molar refractivity (Wildman–Crippen MR) is 96.2 cm³/mol. The Morgan fingerprint density at radius 1 is 1.22 bits per heavy atom. The molecule has 3 nitrogen and oxygen atoms in total. The fourth-order valence-corrected chi connectivity index (χ4v) is 3.15. The average Bonchev–Trinajstić information content (AvgIpc) is 2.53. The van der Waals surface area contributed by atoms with Crippen LogP contribution in [0.2, 0.25) is 5.02 Å². The third-order valence-corrected chi connectivity index (χ3v) is 4.79. The summed E-state index contributed by atoms with van der Waals surface area (Å²) in [6, 6.07) is 14.7. The van der Waals surface area contributed by atoms with Crippen LogP contribution in [0.5, 0.6) is 0 Å². The second kappa shape index (κ2) is 7.75. The third kappa shape index (κ3) is 4.66. The van der Waals surface area contributed by atoms with Gasteiger partial charge in [-0.3, -0.25) is 9.00 Å². The smallest absolute Gasteiger partial charge is 0.254 e. The van der Waals surface area contributed by atoms with Crippen LogP contribution >= 0.6 is 11.6 Å². The molecule has 0 radical (unpaired) electrons. The van der Waals surface area contributed by atoms with E-state index in [9.17, 15) is 9.00 Å². The number of carbonyl (C=O) groups excluding carboxylic acids is 1. The van der Waals surface area contributed by atoms with Crippen molar-refractivity contribution >= 4 is 28.3 Å². The number of amides is 1. The number of halogens is 1. The molecule has 2 unspecified atom stereocenters.